The molecule has 1 N–H and O–H groups in total. The number of carboxylic acids is 1. The smallest absolute Gasteiger partial charge is 0.422 e. The number of carboxylic acid groups (broad SMARTS) is 1. The largest absolute Gasteiger partial charge is 0.484 e. The molecule has 1 atom stereocenters. The first-order chi connectivity index (χ1) is 10.6. The summed E-state index contributed by atoms with van der Waals surface area (Å²) in [5.74, 6) is -1.55. The average Bonchev–Trinajstić information content (AvgIpc) is 2.87. The van der Waals surface area contributed by atoms with Gasteiger partial charge in [-0.3, -0.25) is 4.79 Å². The predicted molar refractivity (Wildman–Crippen MR) is 74.3 cm³/mol. The van der Waals surface area contributed by atoms with Crippen molar-refractivity contribution in [2.24, 2.45) is 0 Å². The number of ether oxygens (including phenoxy) is 1. The van der Waals surface area contributed by atoms with Gasteiger partial charge in [0.25, 0.3) is 5.91 Å². The number of alkyl halides is 3. The standard InChI is InChI=1S/C15H16F3NO4/c1-14(13(21)22)7-2-8-19(14)12(20)10-3-5-11(6-4-10)23-9-15(16,17)18/h3-6H,2,7-9H2,1H3,(H,21,22). The molecular weight excluding hydrogens is 315 g/mol. The Morgan fingerprint density at radius 2 is 1.91 bits per heavy atom. The quantitative estimate of drug-likeness (QED) is 0.921. The van der Waals surface area contributed by atoms with Gasteiger partial charge in [-0.25, -0.2) is 4.79 Å². The van der Waals surface area contributed by atoms with E-state index in [9.17, 15) is 27.9 Å². The van der Waals surface area contributed by atoms with Crippen LogP contribution in [0.5, 0.6) is 5.75 Å². The number of carbonyl (C=O) groups is 2. The molecule has 0 spiro atoms. The maximum Gasteiger partial charge on any atom is 0.422 e. The Bertz CT molecular complexity index is 600. The van der Waals surface area contributed by atoms with Crippen molar-refractivity contribution in [3.63, 3.8) is 0 Å². The number of nitrogens with zero attached hydrogens (tertiary/aromatic N) is 1. The van der Waals surface area contributed by atoms with Crippen molar-refractivity contribution in [2.45, 2.75) is 31.5 Å². The molecule has 1 heterocycles. The minimum atomic E-state index is -4.44. The summed E-state index contributed by atoms with van der Waals surface area (Å²) in [6.07, 6.45) is -3.49. The van der Waals surface area contributed by atoms with Gasteiger partial charge in [0.2, 0.25) is 0 Å². The molecule has 1 aliphatic heterocycles. The van der Waals surface area contributed by atoms with Gasteiger partial charge in [-0.05, 0) is 44.0 Å². The Balaban J connectivity index is 2.10. The molecule has 0 aromatic heterocycles. The molecule has 1 saturated heterocycles. The first kappa shape index (κ1) is 17.1. The fourth-order valence-electron chi connectivity index (χ4n) is 2.53. The van der Waals surface area contributed by atoms with Crippen LogP contribution in [-0.4, -0.2) is 46.7 Å². The highest BCUT2D eigenvalue weighted by Gasteiger charge is 2.46. The van der Waals surface area contributed by atoms with Crippen LogP contribution in [0.2, 0.25) is 0 Å². The summed E-state index contributed by atoms with van der Waals surface area (Å²) in [5, 5.41) is 9.31. The van der Waals surface area contributed by atoms with Crippen LogP contribution in [0.15, 0.2) is 24.3 Å². The van der Waals surface area contributed by atoms with Crippen LogP contribution >= 0.6 is 0 Å². The summed E-state index contributed by atoms with van der Waals surface area (Å²) >= 11 is 0. The predicted octanol–water partition coefficient (Wildman–Crippen LogP) is 2.71. The van der Waals surface area contributed by atoms with Gasteiger partial charge in [-0.1, -0.05) is 0 Å². The lowest BCUT2D eigenvalue weighted by Crippen LogP contribution is -2.50. The molecule has 0 radical (unpaired) electrons. The van der Waals surface area contributed by atoms with Gasteiger partial charge in [0.1, 0.15) is 11.3 Å². The third kappa shape index (κ3) is 3.75. The molecule has 1 aromatic carbocycles. The van der Waals surface area contributed by atoms with E-state index in [0.29, 0.717) is 19.4 Å². The highest BCUT2D eigenvalue weighted by molar-refractivity contribution is 5.98. The van der Waals surface area contributed by atoms with E-state index in [-0.39, 0.29) is 11.3 Å². The van der Waals surface area contributed by atoms with Crippen LogP contribution in [0.4, 0.5) is 13.2 Å². The van der Waals surface area contributed by atoms with Crippen LogP contribution < -0.4 is 4.74 Å². The van der Waals surface area contributed by atoms with E-state index in [1.54, 1.807) is 0 Å². The molecular formula is C15H16F3NO4. The summed E-state index contributed by atoms with van der Waals surface area (Å²) in [4.78, 5) is 25.1. The molecule has 23 heavy (non-hydrogen) atoms. The first-order valence-corrected chi connectivity index (χ1v) is 6.98. The zero-order valence-electron chi connectivity index (χ0n) is 12.4. The van der Waals surface area contributed by atoms with E-state index in [1.807, 2.05) is 0 Å². The number of amides is 1. The van der Waals surface area contributed by atoms with Crippen LogP contribution in [-0.2, 0) is 4.79 Å². The van der Waals surface area contributed by atoms with Gasteiger partial charge < -0.3 is 14.7 Å². The molecule has 1 unspecified atom stereocenters. The van der Waals surface area contributed by atoms with Crippen molar-refractivity contribution < 1.29 is 32.6 Å². The zero-order valence-corrected chi connectivity index (χ0v) is 12.4. The maximum atomic E-state index is 12.4. The van der Waals surface area contributed by atoms with Gasteiger partial charge in [0.15, 0.2) is 6.61 Å². The number of rotatable bonds is 4. The van der Waals surface area contributed by atoms with Gasteiger partial charge in [-0.2, -0.15) is 13.2 Å². The number of benzene rings is 1. The molecule has 126 valence electrons. The summed E-state index contributed by atoms with van der Waals surface area (Å²) in [5.41, 5.74) is -1.05. The maximum absolute atomic E-state index is 12.4. The molecule has 1 fully saturated rings. The normalized spacial score (nSPS) is 21.3. The summed E-state index contributed by atoms with van der Waals surface area (Å²) in [7, 11) is 0. The Hall–Kier alpha value is -2.25. The van der Waals surface area contributed by atoms with Crippen LogP contribution in [0, 0.1) is 0 Å². The van der Waals surface area contributed by atoms with Gasteiger partial charge >= 0.3 is 12.1 Å². The van der Waals surface area contributed by atoms with Crippen LogP contribution in [0.25, 0.3) is 0 Å². The van der Waals surface area contributed by atoms with E-state index >= 15 is 0 Å². The Labute approximate surface area is 130 Å². The molecule has 0 aliphatic carbocycles. The lowest BCUT2D eigenvalue weighted by Gasteiger charge is -2.31. The minimum absolute atomic E-state index is 0.0127. The van der Waals surface area contributed by atoms with Crippen molar-refractivity contribution in [3.8, 4) is 5.75 Å². The topological polar surface area (TPSA) is 66.8 Å². The molecule has 1 aromatic rings. The van der Waals surface area contributed by atoms with E-state index in [1.165, 1.54) is 36.1 Å². The molecule has 1 amide bonds. The monoisotopic (exact) mass is 331 g/mol. The van der Waals surface area contributed by atoms with Crippen molar-refractivity contribution in [1.82, 2.24) is 4.90 Å². The van der Waals surface area contributed by atoms with Gasteiger partial charge in [0, 0.05) is 12.1 Å². The highest BCUT2D eigenvalue weighted by atomic mass is 19.4. The van der Waals surface area contributed by atoms with Gasteiger partial charge in [-0.15, -0.1) is 0 Å². The van der Waals surface area contributed by atoms with Crippen molar-refractivity contribution >= 4 is 11.9 Å². The lowest BCUT2D eigenvalue weighted by molar-refractivity contribution is -0.153. The number of halogens is 3. The van der Waals surface area contributed by atoms with Crippen molar-refractivity contribution in [1.29, 1.82) is 0 Å². The third-order valence-corrected chi connectivity index (χ3v) is 3.85. The SMILES string of the molecule is CC1(C(=O)O)CCCN1C(=O)c1ccc(OCC(F)(F)F)cc1. The van der Waals surface area contributed by atoms with E-state index in [2.05, 4.69) is 4.74 Å². The molecule has 8 heteroatoms. The van der Waals surface area contributed by atoms with E-state index < -0.39 is 30.2 Å². The first-order valence-electron chi connectivity index (χ1n) is 6.98. The Kier molecular flexibility index (Phi) is 4.53. The molecule has 2 rings (SSSR count). The average molecular weight is 331 g/mol. The second-order valence-electron chi connectivity index (χ2n) is 5.57. The lowest BCUT2D eigenvalue weighted by atomic mass is 9.98. The number of likely N-dealkylation sites (tertiary alicyclic amines) is 1. The molecule has 5 nitrogen and oxygen atoms in total. The summed E-state index contributed by atoms with van der Waals surface area (Å²) in [6, 6.07) is 5.17. The molecule has 1 aliphatic rings. The van der Waals surface area contributed by atoms with Crippen molar-refractivity contribution in [3.05, 3.63) is 29.8 Å². The highest BCUT2D eigenvalue weighted by Crippen LogP contribution is 2.31. The third-order valence-electron chi connectivity index (χ3n) is 3.85. The number of hydrogen-bond acceptors (Lipinski definition) is 3. The van der Waals surface area contributed by atoms with Crippen molar-refractivity contribution in [2.75, 3.05) is 13.2 Å². The molecule has 0 bridgehead atoms. The van der Waals surface area contributed by atoms with Crippen LogP contribution in [0.1, 0.15) is 30.1 Å². The summed E-state index contributed by atoms with van der Waals surface area (Å²) < 4.78 is 40.8. The fourth-order valence-corrected chi connectivity index (χ4v) is 2.53. The Morgan fingerprint density at radius 1 is 1.30 bits per heavy atom. The minimum Gasteiger partial charge on any atom is -0.484 e. The second-order valence-corrected chi connectivity index (χ2v) is 5.57. The number of hydrogen-bond donors (Lipinski definition) is 1. The Morgan fingerprint density at radius 3 is 2.43 bits per heavy atom. The zero-order chi connectivity index (χ0) is 17.3. The number of aliphatic carboxylic acids is 1. The summed E-state index contributed by atoms with van der Waals surface area (Å²) in [6.45, 7) is 0.401. The fraction of sp³-hybridized carbons (Fsp3) is 0.467. The van der Waals surface area contributed by atoms with Crippen LogP contribution in [0.3, 0.4) is 0 Å². The second kappa shape index (κ2) is 6.10. The number of carbonyl (C=O) groups excluding carboxylic acids is 1. The molecule has 0 saturated carbocycles. The van der Waals surface area contributed by atoms with E-state index in [4.69, 9.17) is 0 Å². The van der Waals surface area contributed by atoms with E-state index in [0.717, 1.165) is 0 Å². The van der Waals surface area contributed by atoms with Gasteiger partial charge in [0.05, 0.1) is 0 Å².